The lowest BCUT2D eigenvalue weighted by Gasteiger charge is -2.09. The van der Waals surface area contributed by atoms with Crippen LogP contribution in [0.4, 0.5) is 0 Å². The Balaban J connectivity index is 1.63. The number of carbonyl (C=O) groups excluding carboxylic acids is 4. The van der Waals surface area contributed by atoms with Crippen LogP contribution in [-0.4, -0.2) is 38.1 Å². The van der Waals surface area contributed by atoms with Crippen molar-refractivity contribution in [3.63, 3.8) is 0 Å². The van der Waals surface area contributed by atoms with Gasteiger partial charge in [0.2, 0.25) is 0 Å². The van der Waals surface area contributed by atoms with Crippen LogP contribution >= 0.6 is 0 Å². The van der Waals surface area contributed by atoms with Crippen molar-refractivity contribution in [2.24, 2.45) is 0 Å². The monoisotopic (exact) mass is 456 g/mol. The van der Waals surface area contributed by atoms with E-state index in [-0.39, 0.29) is 35.5 Å². The highest BCUT2D eigenvalue weighted by atomic mass is 16.6. The highest BCUT2D eigenvalue weighted by molar-refractivity contribution is 5.94. The summed E-state index contributed by atoms with van der Waals surface area (Å²) < 4.78 is 19.9. The predicted octanol–water partition coefficient (Wildman–Crippen LogP) is 4.50. The molecule has 0 fully saturated rings. The lowest BCUT2D eigenvalue weighted by Crippen LogP contribution is -2.12. The lowest BCUT2D eigenvalue weighted by atomic mass is 10.1. The van der Waals surface area contributed by atoms with Crippen LogP contribution in [0.2, 0.25) is 0 Å². The van der Waals surface area contributed by atoms with E-state index in [4.69, 9.17) is 9.47 Å². The number of ether oxygens (including phenoxy) is 4. The summed E-state index contributed by atoms with van der Waals surface area (Å²) in [6.45, 7) is 0. The first-order valence-corrected chi connectivity index (χ1v) is 10.7. The molecule has 0 aliphatic rings. The number of esters is 4. The van der Waals surface area contributed by atoms with Crippen molar-refractivity contribution in [2.75, 3.05) is 14.2 Å². The Morgan fingerprint density at radius 2 is 0.939 bits per heavy atom. The number of unbranched alkanes of at least 4 members (excludes halogenated alkanes) is 4. The van der Waals surface area contributed by atoms with Crippen molar-refractivity contribution in [3.8, 4) is 11.5 Å². The molecule has 2 aromatic carbocycles. The Kier molecular flexibility index (Phi) is 10.6. The SMILES string of the molecule is COC(=O)c1ccccc1OC(=O)CCCCCCCC(=O)Oc1ccccc1C(=O)OC. The van der Waals surface area contributed by atoms with E-state index in [1.807, 2.05) is 0 Å². The Bertz CT molecular complexity index is 889. The van der Waals surface area contributed by atoms with E-state index in [2.05, 4.69) is 9.47 Å². The van der Waals surface area contributed by atoms with Gasteiger partial charge in [-0.2, -0.15) is 0 Å². The number of para-hydroxylation sites is 2. The van der Waals surface area contributed by atoms with Gasteiger partial charge in [0.25, 0.3) is 0 Å². The molecule has 2 rings (SSSR count). The summed E-state index contributed by atoms with van der Waals surface area (Å²) in [4.78, 5) is 47.6. The second kappa shape index (κ2) is 13.7. The van der Waals surface area contributed by atoms with Crippen molar-refractivity contribution in [1.29, 1.82) is 0 Å². The summed E-state index contributed by atoms with van der Waals surface area (Å²) in [7, 11) is 2.53. The first kappa shape index (κ1) is 25.6. The van der Waals surface area contributed by atoms with Gasteiger partial charge in [-0.25, -0.2) is 9.59 Å². The second-order valence-electron chi connectivity index (χ2n) is 7.19. The molecular formula is C25H28O8. The zero-order valence-corrected chi connectivity index (χ0v) is 18.8. The molecule has 0 saturated heterocycles. The van der Waals surface area contributed by atoms with Crippen LogP contribution < -0.4 is 9.47 Å². The molecule has 0 aromatic heterocycles. The summed E-state index contributed by atoms with van der Waals surface area (Å²) in [6, 6.07) is 12.8. The minimum Gasteiger partial charge on any atom is -0.465 e. The van der Waals surface area contributed by atoms with E-state index in [0.29, 0.717) is 12.8 Å². The quantitative estimate of drug-likeness (QED) is 0.261. The number of hydrogen-bond acceptors (Lipinski definition) is 8. The van der Waals surface area contributed by atoms with E-state index in [1.54, 1.807) is 36.4 Å². The van der Waals surface area contributed by atoms with Gasteiger partial charge in [-0.1, -0.05) is 43.5 Å². The molecule has 0 amide bonds. The Hall–Kier alpha value is -3.68. The minimum atomic E-state index is -0.564. The van der Waals surface area contributed by atoms with Gasteiger partial charge in [-0.3, -0.25) is 9.59 Å². The fourth-order valence-corrected chi connectivity index (χ4v) is 3.08. The van der Waals surface area contributed by atoms with Crippen LogP contribution in [0.1, 0.15) is 65.7 Å². The third-order valence-electron chi connectivity index (χ3n) is 4.79. The maximum absolute atomic E-state index is 12.1. The maximum atomic E-state index is 12.1. The summed E-state index contributed by atoms with van der Waals surface area (Å²) in [5, 5.41) is 0. The van der Waals surface area contributed by atoms with Crippen LogP contribution in [0, 0.1) is 0 Å². The van der Waals surface area contributed by atoms with Gasteiger partial charge in [0.15, 0.2) is 0 Å². The Morgan fingerprint density at radius 1 is 0.576 bits per heavy atom. The highest BCUT2D eigenvalue weighted by Gasteiger charge is 2.16. The molecule has 8 nitrogen and oxygen atoms in total. The van der Waals surface area contributed by atoms with Crippen molar-refractivity contribution in [2.45, 2.75) is 44.9 Å². The molecule has 0 bridgehead atoms. The molecule has 33 heavy (non-hydrogen) atoms. The predicted molar refractivity (Wildman–Crippen MR) is 119 cm³/mol. The van der Waals surface area contributed by atoms with E-state index in [9.17, 15) is 19.2 Å². The molecular weight excluding hydrogens is 428 g/mol. The average molecular weight is 456 g/mol. The normalized spacial score (nSPS) is 10.2. The summed E-state index contributed by atoms with van der Waals surface area (Å²) in [5.74, 6) is -1.60. The topological polar surface area (TPSA) is 105 Å². The largest absolute Gasteiger partial charge is 0.465 e. The summed E-state index contributed by atoms with van der Waals surface area (Å²) >= 11 is 0. The zero-order chi connectivity index (χ0) is 24.1. The van der Waals surface area contributed by atoms with E-state index >= 15 is 0 Å². The fourth-order valence-electron chi connectivity index (χ4n) is 3.08. The zero-order valence-electron chi connectivity index (χ0n) is 18.8. The lowest BCUT2D eigenvalue weighted by molar-refractivity contribution is -0.135. The number of rotatable bonds is 12. The molecule has 2 aromatic rings. The Labute approximate surface area is 192 Å². The van der Waals surface area contributed by atoms with Crippen LogP contribution in [0.3, 0.4) is 0 Å². The van der Waals surface area contributed by atoms with Crippen molar-refractivity contribution in [3.05, 3.63) is 59.7 Å². The smallest absolute Gasteiger partial charge is 0.341 e. The van der Waals surface area contributed by atoms with Gasteiger partial charge in [0, 0.05) is 12.8 Å². The molecule has 0 aliphatic carbocycles. The fraction of sp³-hybridized carbons (Fsp3) is 0.360. The first-order chi connectivity index (χ1) is 16.0. The van der Waals surface area contributed by atoms with Gasteiger partial charge in [-0.15, -0.1) is 0 Å². The second-order valence-corrected chi connectivity index (χ2v) is 7.19. The molecule has 0 spiro atoms. The van der Waals surface area contributed by atoms with Gasteiger partial charge in [0.1, 0.15) is 22.6 Å². The number of carbonyl (C=O) groups is 4. The molecule has 176 valence electrons. The maximum Gasteiger partial charge on any atom is 0.341 e. The number of benzene rings is 2. The molecule has 0 radical (unpaired) electrons. The molecule has 0 aliphatic heterocycles. The molecule has 0 atom stereocenters. The van der Waals surface area contributed by atoms with Crippen LogP contribution in [0.5, 0.6) is 11.5 Å². The number of methoxy groups -OCH3 is 2. The molecule has 0 N–H and O–H groups in total. The summed E-state index contributed by atoms with van der Waals surface area (Å²) in [6.07, 6.45) is 4.16. The first-order valence-electron chi connectivity index (χ1n) is 10.7. The van der Waals surface area contributed by atoms with Crippen molar-refractivity contribution in [1.82, 2.24) is 0 Å². The van der Waals surface area contributed by atoms with E-state index in [1.165, 1.54) is 26.4 Å². The van der Waals surface area contributed by atoms with Gasteiger partial charge in [0.05, 0.1) is 14.2 Å². The number of hydrogen-bond donors (Lipinski definition) is 0. The molecule has 0 unspecified atom stereocenters. The van der Waals surface area contributed by atoms with Gasteiger partial charge in [-0.05, 0) is 37.1 Å². The van der Waals surface area contributed by atoms with E-state index in [0.717, 1.165) is 19.3 Å². The third-order valence-corrected chi connectivity index (χ3v) is 4.79. The Morgan fingerprint density at radius 3 is 1.33 bits per heavy atom. The van der Waals surface area contributed by atoms with Gasteiger partial charge >= 0.3 is 23.9 Å². The van der Waals surface area contributed by atoms with Crippen LogP contribution in [-0.2, 0) is 19.1 Å². The molecule has 0 heterocycles. The van der Waals surface area contributed by atoms with Crippen molar-refractivity contribution < 1.29 is 38.1 Å². The third kappa shape index (κ3) is 8.40. The minimum absolute atomic E-state index is 0.182. The highest BCUT2D eigenvalue weighted by Crippen LogP contribution is 2.21. The van der Waals surface area contributed by atoms with Gasteiger partial charge < -0.3 is 18.9 Å². The molecule has 0 saturated carbocycles. The standard InChI is InChI=1S/C25H28O8/c1-30-24(28)18-12-8-10-14-20(18)32-22(26)16-6-4-3-5-7-17-23(27)33-21-15-11-9-13-19(21)25(29)31-2/h8-15H,3-7,16-17H2,1-2H3. The van der Waals surface area contributed by atoms with Crippen molar-refractivity contribution >= 4 is 23.9 Å². The molecule has 8 heteroatoms. The van der Waals surface area contributed by atoms with E-state index < -0.39 is 23.9 Å². The summed E-state index contributed by atoms with van der Waals surface area (Å²) in [5.41, 5.74) is 0.406. The van der Waals surface area contributed by atoms with Crippen LogP contribution in [0.25, 0.3) is 0 Å². The average Bonchev–Trinajstić information content (AvgIpc) is 2.83. The van der Waals surface area contributed by atoms with Crippen LogP contribution in [0.15, 0.2) is 48.5 Å².